The van der Waals surface area contributed by atoms with E-state index in [1.165, 1.54) is 0 Å². The van der Waals surface area contributed by atoms with Gasteiger partial charge in [-0.25, -0.2) is 9.59 Å². The number of esters is 1. The summed E-state index contributed by atoms with van der Waals surface area (Å²) in [6, 6.07) is 0. The van der Waals surface area contributed by atoms with Gasteiger partial charge in [0.25, 0.3) is 0 Å². The Kier molecular flexibility index (Phi) is 4.31. The average Bonchev–Trinajstić information content (AvgIpc) is 2.00. The molecule has 0 radical (unpaired) electrons. The first-order valence-corrected chi connectivity index (χ1v) is 4.01. The van der Waals surface area contributed by atoms with Crippen LogP contribution in [0, 0.1) is 0 Å². The maximum absolute atomic E-state index is 10.9. The van der Waals surface area contributed by atoms with Gasteiger partial charge in [-0.1, -0.05) is 6.32 Å². The third-order valence-corrected chi connectivity index (χ3v) is 1.59. The first-order chi connectivity index (χ1) is 5.87. The third kappa shape index (κ3) is 6.02. The molecular weight excluding hydrogens is 170 g/mol. The van der Waals surface area contributed by atoms with Crippen molar-refractivity contribution in [1.29, 1.82) is 0 Å². The second-order valence-electron chi connectivity index (χ2n) is 3.21. The van der Waals surface area contributed by atoms with Gasteiger partial charge >= 0.3 is 11.9 Å². The highest BCUT2D eigenvalue weighted by molar-refractivity contribution is 6.21. The number of aliphatic carboxylic acids is 1. The highest BCUT2D eigenvalue weighted by Crippen LogP contribution is 2.09. The maximum atomic E-state index is 10.9. The molecule has 1 unspecified atom stereocenters. The van der Waals surface area contributed by atoms with Gasteiger partial charge in [0.1, 0.15) is 7.85 Å². The van der Waals surface area contributed by atoms with E-state index >= 15 is 0 Å². The van der Waals surface area contributed by atoms with Crippen LogP contribution >= 0.6 is 0 Å². The van der Waals surface area contributed by atoms with Gasteiger partial charge in [-0.3, -0.25) is 0 Å². The van der Waals surface area contributed by atoms with Crippen LogP contribution < -0.4 is 0 Å². The molecule has 1 N–H and O–H groups in total. The summed E-state index contributed by atoms with van der Waals surface area (Å²) >= 11 is 0. The van der Waals surface area contributed by atoms with Crippen molar-refractivity contribution in [3.05, 3.63) is 12.2 Å². The summed E-state index contributed by atoms with van der Waals surface area (Å²) in [6.45, 7) is 1.76. The summed E-state index contributed by atoms with van der Waals surface area (Å²) in [6.07, 6.45) is 2.34. The molecule has 0 bridgehead atoms. The molecule has 0 saturated heterocycles. The van der Waals surface area contributed by atoms with Crippen LogP contribution in [0.2, 0.25) is 6.32 Å². The quantitative estimate of drug-likeness (QED) is 0.328. The summed E-state index contributed by atoms with van der Waals surface area (Å²) in [5.74, 6) is -1.79. The predicted molar refractivity (Wildman–Crippen MR) is 53.2 cm³/mol. The molecule has 0 aromatic heterocycles. The smallest absolute Gasteiger partial charge is 0.330 e. The molecule has 6 heteroatoms. The largest absolute Gasteiger partial charge is 0.478 e. The first-order valence-electron chi connectivity index (χ1n) is 4.01. The molecule has 70 valence electrons. The fourth-order valence-electron chi connectivity index (χ4n) is 0.518. The molecule has 0 amide bonds. The van der Waals surface area contributed by atoms with Crippen LogP contribution in [0.5, 0.6) is 0 Å². The second kappa shape index (κ2) is 4.74. The number of carboxylic acids is 1. The lowest BCUT2D eigenvalue weighted by molar-refractivity contribution is -0.144. The van der Waals surface area contributed by atoms with Gasteiger partial charge < -0.3 is 9.84 Å². The van der Waals surface area contributed by atoms with Crippen LogP contribution in [0.15, 0.2) is 12.2 Å². The highest BCUT2D eigenvalue weighted by atomic mass is 16.6. The van der Waals surface area contributed by atoms with E-state index in [-0.39, 0.29) is 0 Å². The number of carbonyl (C=O) groups is 2. The van der Waals surface area contributed by atoms with Gasteiger partial charge in [0.15, 0.2) is 7.85 Å². The lowest BCUT2D eigenvalue weighted by Gasteiger charge is -2.22. The van der Waals surface area contributed by atoms with Gasteiger partial charge in [-0.2, -0.15) is 0 Å². The average molecular weight is 182 g/mol. The zero-order chi connectivity index (χ0) is 10.5. The number of hydrogen-bond acceptors (Lipinski definition) is 3. The molecule has 0 rings (SSSR count). The van der Waals surface area contributed by atoms with Crippen molar-refractivity contribution in [2.24, 2.45) is 0 Å². The lowest BCUT2D eigenvalue weighted by atomic mass is 9.73. The van der Waals surface area contributed by atoms with Crippen LogP contribution in [0.25, 0.3) is 0 Å². The summed E-state index contributed by atoms with van der Waals surface area (Å²) in [5, 5.41) is 8.22. The van der Waals surface area contributed by atoms with Crippen molar-refractivity contribution in [3.63, 3.8) is 0 Å². The van der Waals surface area contributed by atoms with E-state index in [0.717, 1.165) is 12.2 Å². The normalized spacial score (nSPS) is 15.2. The monoisotopic (exact) mass is 182 g/mol. The van der Waals surface area contributed by atoms with Crippen LogP contribution in [0.4, 0.5) is 0 Å². The van der Waals surface area contributed by atoms with Crippen LogP contribution in [0.3, 0.4) is 0 Å². The molecule has 4 nitrogen and oxygen atoms in total. The van der Waals surface area contributed by atoms with E-state index in [1.807, 2.05) is 7.85 Å². The molecule has 0 aromatic rings. The lowest BCUT2D eigenvalue weighted by Crippen LogP contribution is -2.30. The van der Waals surface area contributed by atoms with E-state index in [2.05, 4.69) is 0 Å². The van der Waals surface area contributed by atoms with Crippen LogP contribution in [-0.2, 0) is 14.3 Å². The minimum absolute atomic E-state index is 0.542. The molecule has 1 atom stereocenters. The molecule has 0 aromatic carbocycles. The van der Waals surface area contributed by atoms with Crippen molar-refractivity contribution < 1.29 is 19.4 Å². The van der Waals surface area contributed by atoms with E-state index in [4.69, 9.17) is 9.84 Å². The van der Waals surface area contributed by atoms with Gasteiger partial charge in [0, 0.05) is 12.2 Å². The number of hydrogen-bond donors (Lipinski definition) is 1. The standard InChI is InChI=1S/C7H12B2O4/c1-7(9,4-8)13-6(12)3-2-5(10)11/h2-3H,4,8-9H2,1H3,(H,10,11)/b3-2+. The Morgan fingerprint density at radius 3 is 2.46 bits per heavy atom. The number of carboxylic acid groups (broad SMARTS) is 1. The van der Waals surface area contributed by atoms with Gasteiger partial charge in [0.05, 0.1) is 5.50 Å². The Morgan fingerprint density at radius 1 is 1.54 bits per heavy atom. The Hall–Kier alpha value is -1.19. The molecule has 13 heavy (non-hydrogen) atoms. The van der Waals surface area contributed by atoms with Crippen LogP contribution in [-0.4, -0.2) is 38.2 Å². The van der Waals surface area contributed by atoms with Gasteiger partial charge in [-0.15, -0.1) is 0 Å². The number of rotatable bonds is 4. The van der Waals surface area contributed by atoms with Crippen molar-refractivity contribution in [3.8, 4) is 0 Å². The fraction of sp³-hybridized carbons (Fsp3) is 0.429. The predicted octanol–water partition coefficient (Wildman–Crippen LogP) is -1.43. The molecule has 0 fully saturated rings. The molecule has 0 aliphatic carbocycles. The Labute approximate surface area is 78.8 Å². The first kappa shape index (κ1) is 11.8. The highest BCUT2D eigenvalue weighted by Gasteiger charge is 2.18. The van der Waals surface area contributed by atoms with E-state index in [1.54, 1.807) is 14.8 Å². The third-order valence-electron chi connectivity index (χ3n) is 1.59. The Morgan fingerprint density at radius 2 is 2.08 bits per heavy atom. The fourth-order valence-corrected chi connectivity index (χ4v) is 0.518. The van der Waals surface area contributed by atoms with Crippen molar-refractivity contribution >= 4 is 27.6 Å². The SMILES string of the molecule is BCC(B)(C)OC(=O)/C=C/C(=O)O. The molecular formula is C7H12B2O4. The summed E-state index contributed by atoms with van der Waals surface area (Å²) < 4.78 is 4.95. The topological polar surface area (TPSA) is 63.6 Å². The summed E-state index contributed by atoms with van der Waals surface area (Å²) in [7, 11) is 3.65. The Bertz CT molecular complexity index is 235. The maximum Gasteiger partial charge on any atom is 0.330 e. The molecule has 0 aliphatic rings. The van der Waals surface area contributed by atoms with Crippen molar-refractivity contribution in [2.45, 2.75) is 18.7 Å². The molecule has 0 spiro atoms. The van der Waals surface area contributed by atoms with E-state index < -0.39 is 17.4 Å². The summed E-state index contributed by atoms with van der Waals surface area (Å²) in [4.78, 5) is 21.0. The number of ether oxygens (including phenoxy) is 1. The van der Waals surface area contributed by atoms with E-state index in [0.29, 0.717) is 6.32 Å². The van der Waals surface area contributed by atoms with Gasteiger partial charge in [0.2, 0.25) is 0 Å². The molecule has 0 aliphatic heterocycles. The Balaban J connectivity index is 4.09. The minimum atomic E-state index is -1.16. The second-order valence-corrected chi connectivity index (χ2v) is 3.21. The number of carbonyl (C=O) groups excluding carboxylic acids is 1. The molecule has 0 saturated carbocycles. The minimum Gasteiger partial charge on any atom is -0.478 e. The molecule has 0 heterocycles. The van der Waals surface area contributed by atoms with Gasteiger partial charge in [-0.05, 0) is 6.92 Å². The summed E-state index contributed by atoms with van der Waals surface area (Å²) in [5.41, 5.74) is -0.542. The zero-order valence-corrected chi connectivity index (χ0v) is 8.03. The zero-order valence-electron chi connectivity index (χ0n) is 8.03. The van der Waals surface area contributed by atoms with Crippen molar-refractivity contribution in [2.75, 3.05) is 0 Å². The van der Waals surface area contributed by atoms with Crippen LogP contribution in [0.1, 0.15) is 6.92 Å². The van der Waals surface area contributed by atoms with E-state index in [9.17, 15) is 9.59 Å². The van der Waals surface area contributed by atoms with Crippen molar-refractivity contribution in [1.82, 2.24) is 0 Å².